The summed E-state index contributed by atoms with van der Waals surface area (Å²) in [6.07, 6.45) is 6.31. The molecule has 114 valence electrons. The van der Waals surface area contributed by atoms with Crippen LogP contribution in [0.15, 0.2) is 30.3 Å². The Morgan fingerprint density at radius 2 is 2.10 bits per heavy atom. The first-order valence-corrected chi connectivity index (χ1v) is 8.33. The second-order valence-corrected chi connectivity index (χ2v) is 6.57. The molecule has 3 nitrogen and oxygen atoms in total. The number of hydrogen-bond acceptors (Lipinski definition) is 2. The van der Waals surface area contributed by atoms with Gasteiger partial charge in [0.1, 0.15) is 0 Å². The molecule has 1 spiro atoms. The van der Waals surface area contributed by atoms with Crippen LogP contribution in [0.1, 0.15) is 56.9 Å². The summed E-state index contributed by atoms with van der Waals surface area (Å²) in [7, 11) is 0. The Morgan fingerprint density at radius 1 is 1.33 bits per heavy atom. The van der Waals surface area contributed by atoms with E-state index in [-0.39, 0.29) is 11.4 Å². The molecule has 1 aromatic rings. The van der Waals surface area contributed by atoms with Crippen molar-refractivity contribution in [1.29, 1.82) is 0 Å². The van der Waals surface area contributed by atoms with E-state index in [1.807, 2.05) is 0 Å². The van der Waals surface area contributed by atoms with E-state index in [4.69, 9.17) is 0 Å². The third-order valence-electron chi connectivity index (χ3n) is 5.34. The zero-order valence-corrected chi connectivity index (χ0v) is 12.9. The summed E-state index contributed by atoms with van der Waals surface area (Å²) in [4.78, 5) is 11.7. The zero-order chi connectivity index (χ0) is 14.7. The van der Waals surface area contributed by atoms with Gasteiger partial charge >= 0.3 is 0 Å². The number of carbonyl (C=O) groups is 1. The highest BCUT2D eigenvalue weighted by Crippen LogP contribution is 2.39. The first-order chi connectivity index (χ1) is 10.2. The molecule has 3 rings (SSSR count). The van der Waals surface area contributed by atoms with Crippen molar-refractivity contribution in [3.63, 3.8) is 0 Å². The van der Waals surface area contributed by atoms with E-state index in [0.717, 1.165) is 32.2 Å². The normalized spacial score (nSPS) is 25.2. The lowest BCUT2D eigenvalue weighted by Gasteiger charge is -2.51. The molecule has 1 amide bonds. The average Bonchev–Trinajstić information content (AvgIpc) is 2.48. The minimum atomic E-state index is 0.0598. The monoisotopic (exact) mass is 286 g/mol. The number of carbonyl (C=O) groups excluding carboxylic acids is 1. The molecule has 21 heavy (non-hydrogen) atoms. The Labute approximate surface area is 127 Å². The van der Waals surface area contributed by atoms with Crippen LogP contribution >= 0.6 is 0 Å². The number of amides is 1. The van der Waals surface area contributed by atoms with Crippen molar-refractivity contribution in [3.05, 3.63) is 35.9 Å². The number of piperidine rings is 1. The lowest BCUT2D eigenvalue weighted by molar-refractivity contribution is -0.128. The van der Waals surface area contributed by atoms with Crippen LogP contribution in [0.25, 0.3) is 0 Å². The first-order valence-electron chi connectivity index (χ1n) is 8.33. The van der Waals surface area contributed by atoms with Crippen molar-refractivity contribution in [2.45, 2.75) is 62.9 Å². The molecular formula is C18H26N2O. The molecule has 2 atom stereocenters. The van der Waals surface area contributed by atoms with Gasteiger partial charge in [-0.15, -0.1) is 0 Å². The average molecular weight is 286 g/mol. The van der Waals surface area contributed by atoms with Gasteiger partial charge in [-0.25, -0.2) is 0 Å². The van der Waals surface area contributed by atoms with Gasteiger partial charge in [0.2, 0.25) is 5.91 Å². The molecule has 2 N–H and O–H groups in total. The molecule has 2 aliphatic rings. The van der Waals surface area contributed by atoms with Gasteiger partial charge in [0, 0.05) is 19.0 Å². The van der Waals surface area contributed by atoms with E-state index in [9.17, 15) is 4.79 Å². The molecule has 1 aliphatic carbocycles. The van der Waals surface area contributed by atoms with E-state index in [1.165, 1.54) is 12.0 Å². The molecule has 0 aromatic heterocycles. The lowest BCUT2D eigenvalue weighted by Crippen LogP contribution is -2.68. The van der Waals surface area contributed by atoms with Crippen LogP contribution in [0.4, 0.5) is 0 Å². The van der Waals surface area contributed by atoms with E-state index in [0.29, 0.717) is 18.4 Å². The summed E-state index contributed by atoms with van der Waals surface area (Å²) in [6, 6.07) is 11.2. The van der Waals surface area contributed by atoms with Crippen LogP contribution in [0.5, 0.6) is 0 Å². The van der Waals surface area contributed by atoms with Crippen LogP contribution in [-0.4, -0.2) is 24.0 Å². The van der Waals surface area contributed by atoms with Crippen LogP contribution < -0.4 is 10.6 Å². The minimum Gasteiger partial charge on any atom is -0.349 e. The molecule has 0 radical (unpaired) electrons. The summed E-state index contributed by atoms with van der Waals surface area (Å²) in [6.45, 7) is 3.25. The highest BCUT2D eigenvalue weighted by molar-refractivity contribution is 5.78. The molecule has 0 bridgehead atoms. The fourth-order valence-corrected chi connectivity index (χ4v) is 3.82. The summed E-state index contributed by atoms with van der Waals surface area (Å²) in [5.41, 5.74) is 1.47. The maximum absolute atomic E-state index is 11.7. The van der Waals surface area contributed by atoms with Gasteiger partial charge in [0.15, 0.2) is 0 Å². The highest BCUT2D eigenvalue weighted by Gasteiger charge is 2.47. The van der Waals surface area contributed by atoms with Gasteiger partial charge in [-0.05, 0) is 43.6 Å². The quantitative estimate of drug-likeness (QED) is 0.873. The van der Waals surface area contributed by atoms with Gasteiger partial charge in [0.05, 0.1) is 5.54 Å². The molecule has 2 fully saturated rings. The van der Waals surface area contributed by atoms with Gasteiger partial charge in [-0.3, -0.25) is 4.79 Å². The van der Waals surface area contributed by atoms with Gasteiger partial charge in [0.25, 0.3) is 0 Å². The lowest BCUT2D eigenvalue weighted by atomic mass is 9.68. The molecule has 1 heterocycles. The van der Waals surface area contributed by atoms with Gasteiger partial charge in [-0.1, -0.05) is 37.3 Å². The van der Waals surface area contributed by atoms with Crippen molar-refractivity contribution in [2.75, 3.05) is 6.54 Å². The van der Waals surface area contributed by atoms with E-state index < -0.39 is 0 Å². The Bertz CT molecular complexity index is 481. The Kier molecular flexibility index (Phi) is 4.29. The first kappa shape index (κ1) is 14.6. The van der Waals surface area contributed by atoms with Crippen molar-refractivity contribution in [2.24, 2.45) is 0 Å². The Hall–Kier alpha value is -1.35. The van der Waals surface area contributed by atoms with Gasteiger partial charge < -0.3 is 10.6 Å². The second kappa shape index (κ2) is 6.18. The van der Waals surface area contributed by atoms with Crippen LogP contribution in [-0.2, 0) is 4.79 Å². The molecule has 1 aromatic carbocycles. The molecular weight excluding hydrogens is 260 g/mol. The molecule has 1 saturated carbocycles. The summed E-state index contributed by atoms with van der Waals surface area (Å²) < 4.78 is 0. The van der Waals surface area contributed by atoms with Crippen LogP contribution in [0.2, 0.25) is 0 Å². The maximum Gasteiger partial charge on any atom is 0.220 e. The summed E-state index contributed by atoms with van der Waals surface area (Å²) in [5, 5.41) is 7.03. The van der Waals surface area contributed by atoms with Crippen LogP contribution in [0, 0.1) is 0 Å². The number of hydrogen-bond donors (Lipinski definition) is 2. The highest BCUT2D eigenvalue weighted by atomic mass is 16.1. The number of benzene rings is 1. The number of rotatable bonds is 5. The molecule has 3 heteroatoms. The van der Waals surface area contributed by atoms with Crippen molar-refractivity contribution in [1.82, 2.24) is 10.6 Å². The SMILES string of the molecule is CC[C@H](CN[C@H]1CCC(=O)NC12CCC2)c1ccccc1. The molecule has 0 unspecified atom stereocenters. The third kappa shape index (κ3) is 2.98. The maximum atomic E-state index is 11.7. The van der Waals surface area contributed by atoms with E-state index >= 15 is 0 Å². The predicted octanol–water partition coefficient (Wildman–Crippen LogP) is 2.97. The van der Waals surface area contributed by atoms with Gasteiger partial charge in [-0.2, -0.15) is 0 Å². The fourth-order valence-electron chi connectivity index (χ4n) is 3.82. The standard InChI is InChI=1S/C18H26N2O/c1-2-14(15-7-4-3-5-8-15)13-19-16-9-10-17(21)20-18(16)11-6-12-18/h3-5,7-8,14,16,19H,2,6,9-13H2,1H3,(H,20,21)/t14-,16+/m1/s1. The summed E-state index contributed by atoms with van der Waals surface area (Å²) in [5.74, 6) is 0.795. The predicted molar refractivity (Wildman–Crippen MR) is 85.2 cm³/mol. The topological polar surface area (TPSA) is 41.1 Å². The Balaban J connectivity index is 1.62. The van der Waals surface area contributed by atoms with Crippen molar-refractivity contribution < 1.29 is 4.79 Å². The largest absolute Gasteiger partial charge is 0.349 e. The zero-order valence-electron chi connectivity index (χ0n) is 12.9. The van der Waals surface area contributed by atoms with Crippen LogP contribution in [0.3, 0.4) is 0 Å². The second-order valence-electron chi connectivity index (χ2n) is 6.57. The molecule has 1 aliphatic heterocycles. The van der Waals surface area contributed by atoms with E-state index in [2.05, 4.69) is 47.9 Å². The smallest absolute Gasteiger partial charge is 0.220 e. The number of nitrogens with one attached hydrogen (secondary N) is 2. The third-order valence-corrected chi connectivity index (χ3v) is 5.34. The van der Waals surface area contributed by atoms with Crippen molar-refractivity contribution >= 4 is 5.91 Å². The Morgan fingerprint density at radius 3 is 2.71 bits per heavy atom. The van der Waals surface area contributed by atoms with E-state index in [1.54, 1.807) is 0 Å². The fraction of sp³-hybridized carbons (Fsp3) is 0.611. The minimum absolute atomic E-state index is 0.0598. The van der Waals surface area contributed by atoms with Crippen molar-refractivity contribution in [3.8, 4) is 0 Å². The summed E-state index contributed by atoms with van der Waals surface area (Å²) >= 11 is 0. The molecule has 1 saturated heterocycles.